The summed E-state index contributed by atoms with van der Waals surface area (Å²) in [7, 11) is 0. The van der Waals surface area contributed by atoms with E-state index in [2.05, 4.69) is 0 Å². The van der Waals surface area contributed by atoms with Gasteiger partial charge in [0.2, 0.25) is 0 Å². The predicted octanol–water partition coefficient (Wildman–Crippen LogP) is -1.70. The van der Waals surface area contributed by atoms with Crippen LogP contribution in [0.15, 0.2) is 0 Å². The Kier molecular flexibility index (Phi) is 3.81. The minimum Gasteiger partial charge on any atom is -0.530 e. The molecule has 2 atom stereocenters. The first-order valence-electron chi connectivity index (χ1n) is 4.71. The van der Waals surface area contributed by atoms with Gasteiger partial charge in [-0.15, -0.1) is 0 Å². The second kappa shape index (κ2) is 4.78. The quantitative estimate of drug-likeness (QED) is 0.615. The van der Waals surface area contributed by atoms with Gasteiger partial charge < -0.3 is 25.2 Å². The number of hydrogen-bond donors (Lipinski definition) is 2. The normalized spacial score (nSPS) is 24.8. The highest BCUT2D eigenvalue weighted by Crippen LogP contribution is 2.18. The third kappa shape index (κ3) is 3.48. The molecule has 1 rings (SSSR count). The summed E-state index contributed by atoms with van der Waals surface area (Å²) in [6.45, 7) is -0.834. The van der Waals surface area contributed by atoms with Crippen LogP contribution in [-0.4, -0.2) is 53.9 Å². The Bertz CT molecular complexity index is 320. The largest absolute Gasteiger partial charge is 0.530 e. The molecule has 6 nitrogen and oxygen atoms in total. The van der Waals surface area contributed by atoms with Crippen LogP contribution >= 0.6 is 0 Å². The highest BCUT2D eigenvalue weighted by Gasteiger charge is 2.40. The van der Waals surface area contributed by atoms with Crippen molar-refractivity contribution in [3.8, 4) is 0 Å². The maximum Gasteiger partial charge on any atom is 0.471 e. The summed E-state index contributed by atoms with van der Waals surface area (Å²) in [4.78, 5) is 21.7. The number of aliphatic hydroxyl groups is 1. The summed E-state index contributed by atoms with van der Waals surface area (Å²) in [5.74, 6) is -2.88. The van der Waals surface area contributed by atoms with Crippen LogP contribution in [0.1, 0.15) is 0 Å². The average molecular weight is 255 g/mol. The molecule has 0 saturated carbocycles. The minimum absolute atomic E-state index is 0.165. The molecule has 98 valence electrons. The lowest BCUT2D eigenvalue weighted by atomic mass is 10.1. The molecule has 0 aliphatic carbocycles. The highest BCUT2D eigenvalue weighted by atomic mass is 19.4. The van der Waals surface area contributed by atoms with Gasteiger partial charge in [-0.2, -0.15) is 13.2 Å². The van der Waals surface area contributed by atoms with Gasteiger partial charge in [-0.05, 0) is 0 Å². The van der Waals surface area contributed by atoms with E-state index in [9.17, 15) is 33.0 Å². The van der Waals surface area contributed by atoms with Gasteiger partial charge in [-0.1, -0.05) is 0 Å². The summed E-state index contributed by atoms with van der Waals surface area (Å²) < 4.78 is 35.5. The van der Waals surface area contributed by atoms with Crippen molar-refractivity contribution in [3.63, 3.8) is 0 Å². The molecule has 1 heterocycles. The van der Waals surface area contributed by atoms with E-state index < -0.39 is 36.7 Å². The number of aliphatic hydroxyl groups excluding tert-OH is 1. The number of alkyl halides is 3. The topological polar surface area (TPSA) is 92.7 Å². The molecule has 0 aromatic rings. The molecule has 17 heavy (non-hydrogen) atoms. The molecule has 2 amide bonds. The number of likely N-dealkylation sites (tertiary alicyclic amines) is 1. The number of nitrogens with zero attached hydrogens (tertiary/aromatic N) is 1. The van der Waals surface area contributed by atoms with Crippen LogP contribution in [0.4, 0.5) is 18.0 Å². The number of hydrogen-bond acceptors (Lipinski definition) is 4. The van der Waals surface area contributed by atoms with Crippen LogP contribution < -0.4 is 10.4 Å². The Balaban J connectivity index is 2.43. The number of carboxylic acid groups (broad SMARTS) is 1. The third-order valence-corrected chi connectivity index (χ3v) is 2.45. The predicted molar refractivity (Wildman–Crippen MR) is 45.5 cm³/mol. The number of halogens is 3. The molecule has 0 radical (unpaired) electrons. The number of nitrogens with one attached hydrogen (secondary N) is 1. The van der Waals surface area contributed by atoms with Crippen LogP contribution in [-0.2, 0) is 4.79 Å². The van der Waals surface area contributed by atoms with E-state index in [4.69, 9.17) is 0 Å². The van der Waals surface area contributed by atoms with Gasteiger partial charge in [0.15, 0.2) is 0 Å². The number of β-amino-alcohol motifs (C(OH)–C–C–N with tert-alkyl or cyclic N) is 1. The smallest absolute Gasteiger partial charge is 0.471 e. The molecular weight excluding hydrogens is 245 g/mol. The van der Waals surface area contributed by atoms with Crippen LogP contribution in [0.2, 0.25) is 0 Å². The Morgan fingerprint density at radius 2 is 2.00 bits per heavy atom. The number of amides is 2. The van der Waals surface area contributed by atoms with E-state index in [0.29, 0.717) is 0 Å². The monoisotopic (exact) mass is 255 g/mol. The molecule has 0 bridgehead atoms. The lowest BCUT2D eigenvalue weighted by Gasteiger charge is -2.18. The zero-order valence-corrected chi connectivity index (χ0v) is 8.53. The van der Waals surface area contributed by atoms with E-state index in [0.717, 1.165) is 4.90 Å². The maximum atomic E-state index is 11.8. The lowest BCUT2D eigenvalue weighted by Crippen LogP contribution is -2.42. The fourth-order valence-corrected chi connectivity index (χ4v) is 1.53. The zero-order valence-electron chi connectivity index (χ0n) is 8.53. The molecule has 0 aromatic carbocycles. The molecule has 0 spiro atoms. The van der Waals surface area contributed by atoms with E-state index >= 15 is 0 Å². The standard InChI is InChI=1S/C8H11F3N2O4/c9-8(10,11)6(15)12-1-4-2-13(7(16)17)3-5(4)14/h4-5,14H,1-3H2,(H,12,15)(H,16,17)/p-1/t4-,5+/m1/s1. The average Bonchev–Trinajstić information content (AvgIpc) is 2.55. The van der Waals surface area contributed by atoms with Crippen LogP contribution in [0.25, 0.3) is 0 Å². The van der Waals surface area contributed by atoms with E-state index in [-0.39, 0.29) is 13.1 Å². The second-order valence-electron chi connectivity index (χ2n) is 3.71. The highest BCUT2D eigenvalue weighted by molar-refractivity contribution is 5.81. The van der Waals surface area contributed by atoms with Crippen molar-refractivity contribution in [2.75, 3.05) is 19.6 Å². The van der Waals surface area contributed by atoms with Gasteiger partial charge in [-0.25, -0.2) is 0 Å². The maximum absolute atomic E-state index is 11.8. The molecular formula is C8H10F3N2O4-. The van der Waals surface area contributed by atoms with Crippen LogP contribution in [0, 0.1) is 5.92 Å². The fraction of sp³-hybridized carbons (Fsp3) is 0.750. The van der Waals surface area contributed by atoms with Crippen molar-refractivity contribution in [2.24, 2.45) is 5.92 Å². The fourth-order valence-electron chi connectivity index (χ4n) is 1.53. The minimum atomic E-state index is -4.99. The molecule has 1 aliphatic heterocycles. The first-order chi connectivity index (χ1) is 7.71. The number of carbonyl (C=O) groups excluding carboxylic acids is 2. The second-order valence-corrected chi connectivity index (χ2v) is 3.71. The molecule has 1 aliphatic rings. The SMILES string of the molecule is O=C([O-])N1C[C@@H](CNC(=O)C(F)(F)F)[C@@H](O)C1. The summed E-state index contributed by atoms with van der Waals surface area (Å²) in [6, 6.07) is 0. The van der Waals surface area contributed by atoms with E-state index in [1.165, 1.54) is 0 Å². The Hall–Kier alpha value is -1.51. The zero-order chi connectivity index (χ0) is 13.2. The van der Waals surface area contributed by atoms with Crippen LogP contribution in [0.3, 0.4) is 0 Å². The van der Waals surface area contributed by atoms with Gasteiger partial charge in [0, 0.05) is 25.6 Å². The molecule has 0 unspecified atom stereocenters. The van der Waals surface area contributed by atoms with Crippen molar-refractivity contribution in [1.82, 2.24) is 10.2 Å². The summed E-state index contributed by atoms with van der Waals surface area (Å²) >= 11 is 0. The number of carbonyl (C=O) groups is 2. The van der Waals surface area contributed by atoms with Gasteiger partial charge in [0.25, 0.3) is 0 Å². The van der Waals surface area contributed by atoms with Crippen molar-refractivity contribution in [2.45, 2.75) is 12.3 Å². The van der Waals surface area contributed by atoms with E-state index in [1.54, 1.807) is 5.32 Å². The van der Waals surface area contributed by atoms with Crippen molar-refractivity contribution in [1.29, 1.82) is 0 Å². The molecule has 1 fully saturated rings. The van der Waals surface area contributed by atoms with Crippen molar-refractivity contribution >= 4 is 12.0 Å². The summed E-state index contributed by atoms with van der Waals surface area (Å²) in [5, 5.41) is 21.4. The molecule has 9 heteroatoms. The Morgan fingerprint density at radius 3 is 2.41 bits per heavy atom. The van der Waals surface area contributed by atoms with Gasteiger partial charge in [0.1, 0.15) is 6.09 Å². The Morgan fingerprint density at radius 1 is 1.41 bits per heavy atom. The summed E-state index contributed by atoms with van der Waals surface area (Å²) in [5.41, 5.74) is 0. The lowest BCUT2D eigenvalue weighted by molar-refractivity contribution is -0.264. The van der Waals surface area contributed by atoms with Gasteiger partial charge in [0.05, 0.1) is 6.10 Å². The van der Waals surface area contributed by atoms with E-state index in [1.807, 2.05) is 0 Å². The third-order valence-electron chi connectivity index (χ3n) is 2.45. The Labute approximate surface area is 94.0 Å². The first-order valence-corrected chi connectivity index (χ1v) is 4.71. The van der Waals surface area contributed by atoms with Crippen molar-refractivity contribution in [3.05, 3.63) is 0 Å². The molecule has 0 aromatic heterocycles. The van der Waals surface area contributed by atoms with Crippen LogP contribution in [0.5, 0.6) is 0 Å². The summed E-state index contributed by atoms with van der Waals surface area (Å²) in [6.07, 6.45) is -7.60. The van der Waals surface area contributed by atoms with Gasteiger partial charge in [-0.3, -0.25) is 4.79 Å². The van der Waals surface area contributed by atoms with Crippen molar-refractivity contribution < 1.29 is 33.0 Å². The molecule has 2 N–H and O–H groups in total. The first kappa shape index (κ1) is 13.6. The molecule has 1 saturated heterocycles. The van der Waals surface area contributed by atoms with Gasteiger partial charge >= 0.3 is 12.1 Å². The number of rotatable bonds is 2.